The quantitative estimate of drug-likeness (QED) is 0.303. The maximum absolute atomic E-state index is 13.8. The Bertz CT molecular complexity index is 1840. The number of anilines is 2. The van der Waals surface area contributed by atoms with Crippen LogP contribution in [0.15, 0.2) is 84.9 Å². The lowest BCUT2D eigenvalue weighted by atomic mass is 9.82. The van der Waals surface area contributed by atoms with E-state index in [2.05, 4.69) is 66.8 Å². The van der Waals surface area contributed by atoms with Crippen molar-refractivity contribution in [3.63, 3.8) is 0 Å². The highest BCUT2D eigenvalue weighted by atomic mass is 16.1. The molecule has 5 nitrogen and oxygen atoms in total. The minimum absolute atomic E-state index is 0.0474. The molecule has 0 aliphatic heterocycles. The standard InChI is InChI=1S/C34H31N3O2/c1-37(2)31-20-22-7-3-4-10-26(22)29-18-17-27-28(32(29)31)11-6-12-30(27)33(38)21-13-15-25(16-14-21)36-34(39)23-8-5-9-24(35)19-23/h3-5,7-10,13-20,31H,6,11-12,35H2,1-2H3,(H,36,39). The average Bonchev–Trinajstić information content (AvgIpc) is 2.96. The minimum Gasteiger partial charge on any atom is -0.399 e. The molecule has 0 radical (unpaired) electrons. The van der Waals surface area contributed by atoms with Crippen LogP contribution in [-0.4, -0.2) is 30.7 Å². The molecule has 2 aliphatic carbocycles. The number of nitrogens with two attached hydrogens (primary N) is 1. The van der Waals surface area contributed by atoms with Crippen molar-refractivity contribution >= 4 is 34.7 Å². The zero-order chi connectivity index (χ0) is 27.1. The SMILES string of the molecule is CN(C)C1C=c2ccccc2=c2ccc3c(c21)CCCC=3C(=O)c1ccc(NC(=O)c2cccc(N)c2)cc1. The number of nitrogen functional groups attached to an aromatic ring is 1. The first-order valence-electron chi connectivity index (χ1n) is 13.3. The van der Waals surface area contributed by atoms with E-state index in [4.69, 9.17) is 5.73 Å². The molecule has 0 heterocycles. The topological polar surface area (TPSA) is 75.4 Å². The van der Waals surface area contributed by atoms with Gasteiger partial charge in [0.25, 0.3) is 5.91 Å². The van der Waals surface area contributed by atoms with Gasteiger partial charge in [0.05, 0.1) is 6.04 Å². The number of carbonyl (C=O) groups excluding carboxylic acids is 2. The Kier molecular flexibility index (Phi) is 6.37. The number of nitrogens with zero attached hydrogens (tertiary/aromatic N) is 1. The lowest BCUT2D eigenvalue weighted by Crippen LogP contribution is -2.31. The predicted octanol–water partition coefficient (Wildman–Crippen LogP) is 4.57. The van der Waals surface area contributed by atoms with Crippen molar-refractivity contribution in [2.75, 3.05) is 25.1 Å². The first-order chi connectivity index (χ1) is 18.9. The highest BCUT2D eigenvalue weighted by Crippen LogP contribution is 2.30. The second kappa shape index (κ2) is 10.0. The van der Waals surface area contributed by atoms with Gasteiger partial charge in [0.2, 0.25) is 0 Å². The van der Waals surface area contributed by atoms with Crippen molar-refractivity contribution in [3.05, 3.63) is 128 Å². The molecule has 0 saturated carbocycles. The van der Waals surface area contributed by atoms with Crippen LogP contribution in [0.25, 0.3) is 11.6 Å². The Morgan fingerprint density at radius 3 is 2.36 bits per heavy atom. The Balaban J connectivity index is 1.38. The molecule has 4 aromatic rings. The van der Waals surface area contributed by atoms with Gasteiger partial charge < -0.3 is 11.1 Å². The fraction of sp³-hybridized carbons (Fsp3) is 0.176. The lowest BCUT2D eigenvalue weighted by Gasteiger charge is -2.29. The van der Waals surface area contributed by atoms with Gasteiger partial charge in [0.1, 0.15) is 0 Å². The van der Waals surface area contributed by atoms with Crippen molar-refractivity contribution in [1.29, 1.82) is 0 Å². The molecule has 3 N–H and O–H groups in total. The Hall–Kier alpha value is -4.48. The molecule has 39 heavy (non-hydrogen) atoms. The van der Waals surface area contributed by atoms with E-state index in [9.17, 15) is 9.59 Å². The molecule has 0 aromatic heterocycles. The molecule has 4 aromatic carbocycles. The molecule has 2 aliphatic rings. The number of benzene rings is 4. The third kappa shape index (κ3) is 4.55. The minimum atomic E-state index is -0.240. The number of carbonyl (C=O) groups is 2. The molecule has 1 unspecified atom stereocenters. The summed E-state index contributed by atoms with van der Waals surface area (Å²) in [5.74, 6) is -0.193. The van der Waals surface area contributed by atoms with Crippen molar-refractivity contribution < 1.29 is 9.59 Å². The van der Waals surface area contributed by atoms with Crippen molar-refractivity contribution in [2.24, 2.45) is 0 Å². The van der Waals surface area contributed by atoms with E-state index in [-0.39, 0.29) is 17.7 Å². The Morgan fingerprint density at radius 2 is 1.59 bits per heavy atom. The number of hydrogen-bond donors (Lipinski definition) is 2. The molecule has 6 rings (SSSR count). The third-order valence-corrected chi connectivity index (χ3v) is 7.80. The summed E-state index contributed by atoms with van der Waals surface area (Å²) in [7, 11) is 4.23. The van der Waals surface area contributed by atoms with Gasteiger partial charge in [-0.15, -0.1) is 0 Å². The van der Waals surface area contributed by atoms with Gasteiger partial charge >= 0.3 is 0 Å². The second-order valence-corrected chi connectivity index (χ2v) is 10.5. The van der Waals surface area contributed by atoms with Crippen LogP contribution in [0.1, 0.15) is 50.7 Å². The zero-order valence-corrected chi connectivity index (χ0v) is 22.2. The molecule has 0 spiro atoms. The van der Waals surface area contributed by atoms with Crippen LogP contribution in [0, 0.1) is 10.4 Å². The number of ketones is 1. The van der Waals surface area contributed by atoms with Crippen LogP contribution in [0.5, 0.6) is 0 Å². The van der Waals surface area contributed by atoms with Crippen molar-refractivity contribution in [3.8, 4) is 0 Å². The number of fused-ring (bicyclic) bond motifs is 4. The summed E-state index contributed by atoms with van der Waals surface area (Å²) < 4.78 is 0. The summed E-state index contributed by atoms with van der Waals surface area (Å²) >= 11 is 0. The van der Waals surface area contributed by atoms with E-state index >= 15 is 0 Å². The van der Waals surface area contributed by atoms with Gasteiger partial charge in [-0.2, -0.15) is 0 Å². The monoisotopic (exact) mass is 513 g/mol. The first-order valence-corrected chi connectivity index (χ1v) is 13.3. The van der Waals surface area contributed by atoms with Crippen LogP contribution in [0.3, 0.4) is 0 Å². The Labute approximate surface area is 227 Å². The fourth-order valence-electron chi connectivity index (χ4n) is 5.91. The third-order valence-electron chi connectivity index (χ3n) is 7.80. The molecule has 5 heteroatoms. The van der Waals surface area contributed by atoms with E-state index in [1.807, 2.05) is 0 Å². The average molecular weight is 514 g/mol. The smallest absolute Gasteiger partial charge is 0.255 e. The molecule has 194 valence electrons. The maximum Gasteiger partial charge on any atom is 0.255 e. The fourth-order valence-corrected chi connectivity index (χ4v) is 5.91. The second-order valence-electron chi connectivity index (χ2n) is 10.5. The molecule has 0 fully saturated rings. The van der Waals surface area contributed by atoms with Gasteiger partial charge in [0.15, 0.2) is 5.78 Å². The molecular formula is C34H31N3O2. The van der Waals surface area contributed by atoms with Crippen molar-refractivity contribution in [2.45, 2.75) is 25.3 Å². The van der Waals surface area contributed by atoms with E-state index in [1.54, 1.807) is 48.5 Å². The summed E-state index contributed by atoms with van der Waals surface area (Å²) in [5, 5.41) is 7.72. The van der Waals surface area contributed by atoms with Crippen LogP contribution >= 0.6 is 0 Å². The van der Waals surface area contributed by atoms with Gasteiger partial charge in [0, 0.05) is 28.1 Å². The number of rotatable bonds is 5. The largest absolute Gasteiger partial charge is 0.399 e. The zero-order valence-electron chi connectivity index (χ0n) is 22.2. The number of Topliss-reactive ketones (excluding diaryl/α,β-unsaturated/α-hetero) is 1. The number of amides is 1. The Morgan fingerprint density at radius 1 is 0.821 bits per heavy atom. The normalized spacial score (nSPS) is 15.6. The molecule has 0 bridgehead atoms. The van der Waals surface area contributed by atoms with Crippen LogP contribution in [-0.2, 0) is 6.42 Å². The highest BCUT2D eigenvalue weighted by Gasteiger charge is 2.25. The molecule has 0 saturated heterocycles. The highest BCUT2D eigenvalue weighted by molar-refractivity contribution is 6.24. The van der Waals surface area contributed by atoms with Crippen LogP contribution < -0.4 is 21.5 Å². The van der Waals surface area contributed by atoms with Gasteiger partial charge in [-0.3, -0.25) is 14.5 Å². The lowest BCUT2D eigenvalue weighted by molar-refractivity contribution is 0.102. The van der Waals surface area contributed by atoms with E-state index < -0.39 is 0 Å². The van der Waals surface area contributed by atoms with E-state index in [0.29, 0.717) is 22.5 Å². The summed E-state index contributed by atoms with van der Waals surface area (Å²) in [6.45, 7) is 0. The molecule has 1 amide bonds. The van der Waals surface area contributed by atoms with E-state index in [0.717, 1.165) is 30.1 Å². The molecule has 1 atom stereocenters. The van der Waals surface area contributed by atoms with E-state index in [1.165, 1.54) is 26.8 Å². The van der Waals surface area contributed by atoms with Gasteiger partial charge in [-0.05, 0) is 108 Å². The van der Waals surface area contributed by atoms with Crippen molar-refractivity contribution in [1.82, 2.24) is 4.90 Å². The predicted molar refractivity (Wildman–Crippen MR) is 157 cm³/mol. The first kappa shape index (κ1) is 24.8. The molecular weight excluding hydrogens is 482 g/mol. The van der Waals surface area contributed by atoms with Crippen LogP contribution in [0.4, 0.5) is 11.4 Å². The maximum atomic E-state index is 13.8. The number of hydrogen-bond acceptors (Lipinski definition) is 4. The summed E-state index contributed by atoms with van der Waals surface area (Å²) in [5.41, 5.74) is 11.6. The van der Waals surface area contributed by atoms with Crippen LogP contribution in [0.2, 0.25) is 0 Å². The summed E-state index contributed by atoms with van der Waals surface area (Å²) in [4.78, 5) is 28.6. The summed E-state index contributed by atoms with van der Waals surface area (Å²) in [6, 6.07) is 27.0. The van der Waals surface area contributed by atoms with Gasteiger partial charge in [-0.1, -0.05) is 48.5 Å². The van der Waals surface area contributed by atoms with Gasteiger partial charge in [-0.25, -0.2) is 0 Å². The summed E-state index contributed by atoms with van der Waals surface area (Å²) in [6.07, 6.45) is 5.00. The number of nitrogens with one attached hydrogen (secondary N) is 1.